The first kappa shape index (κ1) is 15.6. The third-order valence-electron chi connectivity index (χ3n) is 3.36. The van der Waals surface area contributed by atoms with Gasteiger partial charge >= 0.3 is 0 Å². The Morgan fingerprint density at radius 3 is 2.81 bits per heavy atom. The molecule has 21 heavy (non-hydrogen) atoms. The first-order chi connectivity index (χ1) is 10.2. The number of nitrogens with one attached hydrogen (secondary N) is 2. The summed E-state index contributed by atoms with van der Waals surface area (Å²) < 4.78 is 11.0. The van der Waals surface area contributed by atoms with Crippen molar-refractivity contribution < 1.29 is 14.3 Å². The molecule has 2 N–H and O–H groups in total. The highest BCUT2D eigenvalue weighted by molar-refractivity contribution is 5.75. The Morgan fingerprint density at radius 1 is 1.33 bits per heavy atom. The maximum Gasteiger partial charge on any atom is 0.223 e. The van der Waals surface area contributed by atoms with Crippen LogP contribution in [0.4, 0.5) is 0 Å². The molecule has 5 heteroatoms. The summed E-state index contributed by atoms with van der Waals surface area (Å²) in [6, 6.07) is 6.60. The highest BCUT2D eigenvalue weighted by Gasteiger charge is 2.20. The highest BCUT2D eigenvalue weighted by atomic mass is 16.5. The van der Waals surface area contributed by atoms with E-state index >= 15 is 0 Å². The summed E-state index contributed by atoms with van der Waals surface area (Å²) in [7, 11) is 1.63. The molecule has 0 atom stereocenters. The number of ether oxygens (including phenoxy) is 2. The van der Waals surface area contributed by atoms with Gasteiger partial charge < -0.3 is 20.1 Å². The van der Waals surface area contributed by atoms with Crippen LogP contribution in [-0.2, 0) is 11.3 Å². The molecule has 0 spiro atoms. The Balaban J connectivity index is 1.84. The Kier molecular flexibility index (Phi) is 5.87. The lowest BCUT2D eigenvalue weighted by Crippen LogP contribution is -2.24. The monoisotopic (exact) mass is 292 g/mol. The smallest absolute Gasteiger partial charge is 0.223 e. The van der Waals surface area contributed by atoms with Gasteiger partial charge in [-0.3, -0.25) is 4.79 Å². The molecule has 1 aromatic rings. The van der Waals surface area contributed by atoms with Crippen LogP contribution in [-0.4, -0.2) is 32.2 Å². The Labute approximate surface area is 126 Å². The summed E-state index contributed by atoms with van der Waals surface area (Å²) in [5, 5.41) is 6.21. The number of methoxy groups -OCH3 is 1. The lowest BCUT2D eigenvalue weighted by molar-refractivity contribution is -0.121. The van der Waals surface area contributed by atoms with Crippen LogP contribution >= 0.6 is 0 Å². The number of carbonyl (C=O) groups excluding carboxylic acids is 1. The molecular weight excluding hydrogens is 268 g/mol. The zero-order chi connectivity index (χ0) is 15.1. The summed E-state index contributed by atoms with van der Waals surface area (Å²) in [4.78, 5) is 11.4. The number of rotatable bonds is 9. The summed E-state index contributed by atoms with van der Waals surface area (Å²) >= 11 is 0. The SMILES string of the molecule is CCNC(=O)CCOc1ccc(CNC2CC2)cc1OC. The van der Waals surface area contributed by atoms with Gasteiger partial charge in [0.2, 0.25) is 5.91 Å². The summed E-state index contributed by atoms with van der Waals surface area (Å²) in [5.41, 5.74) is 1.18. The van der Waals surface area contributed by atoms with Crippen LogP contribution < -0.4 is 20.1 Å². The fourth-order valence-corrected chi connectivity index (χ4v) is 2.03. The van der Waals surface area contributed by atoms with Crippen LogP contribution in [0.15, 0.2) is 18.2 Å². The van der Waals surface area contributed by atoms with Gasteiger partial charge in [0.05, 0.1) is 20.1 Å². The van der Waals surface area contributed by atoms with Crippen molar-refractivity contribution in [2.45, 2.75) is 38.8 Å². The minimum Gasteiger partial charge on any atom is -0.493 e. The number of hydrogen-bond donors (Lipinski definition) is 2. The van der Waals surface area contributed by atoms with Crippen molar-refractivity contribution in [1.82, 2.24) is 10.6 Å². The largest absolute Gasteiger partial charge is 0.493 e. The van der Waals surface area contributed by atoms with Crippen LogP contribution in [0, 0.1) is 0 Å². The summed E-state index contributed by atoms with van der Waals surface area (Å²) in [6.45, 7) is 3.74. The molecule has 1 aromatic carbocycles. The number of amides is 1. The Morgan fingerprint density at radius 2 is 2.14 bits per heavy atom. The van der Waals surface area contributed by atoms with Crippen molar-refractivity contribution in [2.24, 2.45) is 0 Å². The molecule has 0 aliphatic heterocycles. The molecule has 2 rings (SSSR count). The van der Waals surface area contributed by atoms with Gasteiger partial charge in [-0.05, 0) is 37.5 Å². The molecule has 116 valence electrons. The lowest BCUT2D eigenvalue weighted by Gasteiger charge is -2.12. The second kappa shape index (κ2) is 7.88. The van der Waals surface area contributed by atoms with Crippen molar-refractivity contribution in [2.75, 3.05) is 20.3 Å². The van der Waals surface area contributed by atoms with Crippen LogP contribution in [0.5, 0.6) is 11.5 Å². The lowest BCUT2D eigenvalue weighted by atomic mass is 10.2. The second-order valence-corrected chi connectivity index (χ2v) is 5.19. The van der Waals surface area contributed by atoms with E-state index < -0.39 is 0 Å². The first-order valence-corrected chi connectivity index (χ1v) is 7.52. The van der Waals surface area contributed by atoms with Gasteiger partial charge in [-0.2, -0.15) is 0 Å². The van der Waals surface area contributed by atoms with E-state index in [1.165, 1.54) is 18.4 Å². The first-order valence-electron chi connectivity index (χ1n) is 7.52. The van der Waals surface area contributed by atoms with E-state index in [0.29, 0.717) is 37.1 Å². The van der Waals surface area contributed by atoms with Crippen molar-refractivity contribution in [3.05, 3.63) is 23.8 Å². The molecule has 1 saturated carbocycles. The average Bonchev–Trinajstić information content (AvgIpc) is 3.30. The third kappa shape index (κ3) is 5.27. The molecule has 0 heterocycles. The maximum absolute atomic E-state index is 11.4. The van der Waals surface area contributed by atoms with E-state index in [0.717, 1.165) is 6.54 Å². The molecule has 0 unspecified atom stereocenters. The normalized spacial score (nSPS) is 13.8. The maximum atomic E-state index is 11.4. The molecule has 1 aliphatic rings. The van der Waals surface area contributed by atoms with Gasteiger partial charge in [0.25, 0.3) is 0 Å². The van der Waals surface area contributed by atoms with Gasteiger partial charge in [-0.1, -0.05) is 6.07 Å². The van der Waals surface area contributed by atoms with Crippen LogP contribution in [0.1, 0.15) is 31.7 Å². The van der Waals surface area contributed by atoms with Gasteiger partial charge in [-0.15, -0.1) is 0 Å². The molecule has 5 nitrogen and oxygen atoms in total. The van der Waals surface area contributed by atoms with Gasteiger partial charge in [0, 0.05) is 19.1 Å². The highest BCUT2D eigenvalue weighted by Crippen LogP contribution is 2.28. The van der Waals surface area contributed by atoms with Gasteiger partial charge in [0.1, 0.15) is 0 Å². The minimum atomic E-state index is 0.00159. The number of benzene rings is 1. The molecule has 1 fully saturated rings. The van der Waals surface area contributed by atoms with Crippen LogP contribution in [0.2, 0.25) is 0 Å². The van der Waals surface area contributed by atoms with Crippen molar-refractivity contribution in [1.29, 1.82) is 0 Å². The van der Waals surface area contributed by atoms with E-state index in [9.17, 15) is 4.79 Å². The molecule has 0 radical (unpaired) electrons. The van der Waals surface area contributed by atoms with E-state index in [4.69, 9.17) is 9.47 Å². The number of carbonyl (C=O) groups is 1. The Hall–Kier alpha value is -1.75. The van der Waals surface area contributed by atoms with Crippen molar-refractivity contribution >= 4 is 5.91 Å². The quantitative estimate of drug-likeness (QED) is 0.729. The molecule has 1 aliphatic carbocycles. The molecular formula is C16H24N2O3. The molecule has 0 saturated heterocycles. The Bertz CT molecular complexity index is 473. The summed E-state index contributed by atoms with van der Waals surface area (Å²) in [6.07, 6.45) is 2.90. The van der Waals surface area contributed by atoms with Crippen LogP contribution in [0.3, 0.4) is 0 Å². The fourth-order valence-electron chi connectivity index (χ4n) is 2.03. The number of hydrogen-bond acceptors (Lipinski definition) is 4. The second-order valence-electron chi connectivity index (χ2n) is 5.19. The topological polar surface area (TPSA) is 59.6 Å². The predicted molar refractivity (Wildman–Crippen MR) is 81.7 cm³/mol. The standard InChI is InChI=1S/C16H24N2O3/c1-3-17-16(19)8-9-21-14-7-4-12(10-15(14)20-2)11-18-13-5-6-13/h4,7,10,13,18H,3,5-6,8-9,11H2,1-2H3,(H,17,19). The van der Waals surface area contributed by atoms with E-state index in [-0.39, 0.29) is 5.91 Å². The molecule has 0 aromatic heterocycles. The van der Waals surface area contributed by atoms with Crippen molar-refractivity contribution in [3.63, 3.8) is 0 Å². The van der Waals surface area contributed by atoms with E-state index in [1.54, 1.807) is 7.11 Å². The summed E-state index contributed by atoms with van der Waals surface area (Å²) in [5.74, 6) is 1.39. The minimum absolute atomic E-state index is 0.00159. The van der Waals surface area contributed by atoms with E-state index in [2.05, 4.69) is 10.6 Å². The molecule has 0 bridgehead atoms. The van der Waals surface area contributed by atoms with Gasteiger partial charge in [-0.25, -0.2) is 0 Å². The zero-order valence-corrected chi connectivity index (χ0v) is 12.8. The predicted octanol–water partition coefficient (Wildman–Crippen LogP) is 1.85. The molecule has 1 amide bonds. The average molecular weight is 292 g/mol. The zero-order valence-electron chi connectivity index (χ0n) is 12.8. The third-order valence-corrected chi connectivity index (χ3v) is 3.36. The van der Waals surface area contributed by atoms with Crippen LogP contribution in [0.25, 0.3) is 0 Å². The van der Waals surface area contributed by atoms with Gasteiger partial charge in [0.15, 0.2) is 11.5 Å². The fraction of sp³-hybridized carbons (Fsp3) is 0.562. The van der Waals surface area contributed by atoms with Crippen molar-refractivity contribution in [3.8, 4) is 11.5 Å². The van der Waals surface area contributed by atoms with E-state index in [1.807, 2.05) is 25.1 Å².